The van der Waals surface area contributed by atoms with Gasteiger partial charge in [-0.3, -0.25) is 19.2 Å². The molecule has 0 aromatic heterocycles. The van der Waals surface area contributed by atoms with E-state index in [0.717, 1.165) is 18.4 Å². The number of hydrogen-bond acceptors (Lipinski definition) is 13. The number of amides is 1. The molecular formula is C53H81NO13. The van der Waals surface area contributed by atoms with Crippen molar-refractivity contribution >= 4 is 29.2 Å². The topological polar surface area (TPSA) is 184 Å². The van der Waals surface area contributed by atoms with Crippen LogP contribution in [-0.2, 0) is 52.4 Å². The highest BCUT2D eigenvalue weighted by Gasteiger charge is 2.53. The average Bonchev–Trinajstić information content (AvgIpc) is 3.32. The van der Waals surface area contributed by atoms with Crippen molar-refractivity contribution < 1.29 is 62.6 Å². The first kappa shape index (κ1) is 55.8. The number of piperidine rings is 1. The zero-order valence-electron chi connectivity index (χ0n) is 41.9. The van der Waals surface area contributed by atoms with Crippen LogP contribution in [0.3, 0.4) is 0 Å². The van der Waals surface area contributed by atoms with Crippen LogP contribution in [0, 0.1) is 35.5 Å². The number of hydrogen-bond donors (Lipinski definition) is 2. The summed E-state index contributed by atoms with van der Waals surface area (Å²) in [7, 11) is 4.73. The molecule has 376 valence electrons. The van der Waals surface area contributed by atoms with E-state index in [4.69, 9.17) is 28.4 Å². The summed E-state index contributed by atoms with van der Waals surface area (Å²) in [5.74, 6) is -6.91. The number of rotatable bonds is 9. The number of aliphatic hydroxyl groups is 2. The summed E-state index contributed by atoms with van der Waals surface area (Å²) in [5, 5.41) is 21.3. The minimum Gasteiger partial charge on any atom is -0.460 e. The lowest BCUT2D eigenvalue weighted by molar-refractivity contribution is -0.223. The molecule has 0 radical (unpaired) electrons. The lowest BCUT2D eigenvalue weighted by Crippen LogP contribution is -2.59. The Kier molecular flexibility index (Phi) is 22.3. The molecule has 14 heteroatoms. The molecular weight excluding hydrogens is 859 g/mol. The number of allylic oxidation sites excluding steroid dienone is 8. The molecule has 0 aromatic carbocycles. The van der Waals surface area contributed by atoms with Crippen LogP contribution in [0.25, 0.3) is 0 Å². The van der Waals surface area contributed by atoms with Crippen molar-refractivity contribution in [2.75, 3.05) is 41.1 Å². The van der Waals surface area contributed by atoms with E-state index >= 15 is 0 Å². The molecule has 67 heavy (non-hydrogen) atoms. The fourth-order valence-corrected chi connectivity index (χ4v) is 10.0. The van der Waals surface area contributed by atoms with Gasteiger partial charge in [0.2, 0.25) is 0 Å². The van der Waals surface area contributed by atoms with E-state index in [1.807, 2.05) is 71.1 Å². The highest BCUT2D eigenvalue weighted by atomic mass is 16.6. The average molecular weight is 940 g/mol. The van der Waals surface area contributed by atoms with Crippen molar-refractivity contribution in [3.05, 3.63) is 59.4 Å². The van der Waals surface area contributed by atoms with Crippen molar-refractivity contribution in [2.45, 2.75) is 168 Å². The smallest absolute Gasteiger partial charge is 0.329 e. The Labute approximate surface area is 399 Å². The number of esters is 1. The fraction of sp³-hybridized carbons (Fsp3) is 0.717. The molecule has 4 aliphatic rings. The van der Waals surface area contributed by atoms with Crippen LogP contribution in [0.4, 0.5) is 0 Å². The van der Waals surface area contributed by atoms with E-state index in [-0.39, 0.29) is 86.0 Å². The van der Waals surface area contributed by atoms with Gasteiger partial charge in [0, 0.05) is 52.6 Å². The van der Waals surface area contributed by atoms with Gasteiger partial charge in [0.1, 0.15) is 18.2 Å². The zero-order chi connectivity index (χ0) is 49.4. The molecule has 2 bridgehead atoms. The maximum atomic E-state index is 14.5. The van der Waals surface area contributed by atoms with Crippen molar-refractivity contribution in [1.29, 1.82) is 0 Å². The van der Waals surface area contributed by atoms with E-state index in [1.165, 1.54) is 12.0 Å². The van der Waals surface area contributed by atoms with Crippen LogP contribution in [-0.4, -0.2) is 128 Å². The summed E-state index contributed by atoms with van der Waals surface area (Å²) >= 11 is 0. The number of methoxy groups -OCH3 is 3. The minimum absolute atomic E-state index is 0.00250. The van der Waals surface area contributed by atoms with Crippen LogP contribution < -0.4 is 0 Å². The number of Topliss-reactive ketones (excluding diaryl/α,β-unsaturated/α-hetero) is 3. The van der Waals surface area contributed by atoms with Crippen molar-refractivity contribution in [3.63, 3.8) is 0 Å². The van der Waals surface area contributed by atoms with E-state index in [1.54, 1.807) is 34.1 Å². The van der Waals surface area contributed by atoms with Crippen molar-refractivity contribution in [3.8, 4) is 0 Å². The highest BCUT2D eigenvalue weighted by molar-refractivity contribution is 6.39. The van der Waals surface area contributed by atoms with Crippen LogP contribution in [0.1, 0.15) is 126 Å². The second-order valence-corrected chi connectivity index (χ2v) is 19.6. The van der Waals surface area contributed by atoms with Gasteiger partial charge in [0.05, 0.1) is 37.3 Å². The monoisotopic (exact) mass is 940 g/mol. The number of carbonyl (C=O) groups excluding carboxylic acids is 5. The maximum Gasteiger partial charge on any atom is 0.329 e. The summed E-state index contributed by atoms with van der Waals surface area (Å²) in [6, 6.07) is -1.13. The Morgan fingerprint density at radius 3 is 2.31 bits per heavy atom. The molecule has 4 rings (SSSR count). The Morgan fingerprint density at radius 1 is 0.881 bits per heavy atom. The van der Waals surface area contributed by atoms with Crippen molar-refractivity contribution in [2.24, 2.45) is 35.5 Å². The third kappa shape index (κ3) is 15.1. The largest absolute Gasteiger partial charge is 0.460 e. The highest BCUT2D eigenvalue weighted by Crippen LogP contribution is 2.38. The molecule has 3 fully saturated rings. The quantitative estimate of drug-likeness (QED) is 0.173. The van der Waals surface area contributed by atoms with Gasteiger partial charge in [-0.1, -0.05) is 71.1 Å². The van der Waals surface area contributed by atoms with Gasteiger partial charge in [-0.15, -0.1) is 0 Å². The molecule has 13 atom stereocenters. The first-order valence-corrected chi connectivity index (χ1v) is 24.6. The number of ketones is 3. The first-order valence-electron chi connectivity index (χ1n) is 24.6. The predicted molar refractivity (Wildman–Crippen MR) is 254 cm³/mol. The van der Waals surface area contributed by atoms with E-state index in [9.17, 15) is 34.2 Å². The number of cyclic esters (lactones) is 1. The summed E-state index contributed by atoms with van der Waals surface area (Å²) < 4.78 is 35.6. The van der Waals surface area contributed by atoms with Gasteiger partial charge in [-0.05, 0) is 119 Å². The molecule has 14 nitrogen and oxygen atoms in total. The first-order chi connectivity index (χ1) is 31.9. The van der Waals surface area contributed by atoms with E-state index in [0.29, 0.717) is 62.7 Å². The molecule has 2 N–H and O–H groups in total. The summed E-state index contributed by atoms with van der Waals surface area (Å²) in [5.41, 5.74) is 1.30. The van der Waals surface area contributed by atoms with Gasteiger partial charge in [0.15, 0.2) is 11.6 Å². The SMILES string of the molecule is CO[C@H]1C=C2CC[C@@H](C)[C@@](O)(O2)C(=O)C(=O)N2CCCC[C@H]2C(=O)OC([C@H](C)C[C@@H]2CC[C@@H](OCCO)[C@H](OC)C2)CC(=O)C(C)=CC(C)[C@@H](C)[C@@H](OC)C(=O)[C@H](C)CCC=CC=CC=C1C. The second kappa shape index (κ2) is 26.8. The lowest BCUT2D eigenvalue weighted by Gasteiger charge is -2.41. The van der Waals surface area contributed by atoms with Gasteiger partial charge >= 0.3 is 5.97 Å². The van der Waals surface area contributed by atoms with Crippen LogP contribution >= 0.6 is 0 Å². The molecule has 1 aliphatic carbocycles. The van der Waals surface area contributed by atoms with Crippen LogP contribution in [0.15, 0.2) is 59.4 Å². The lowest BCUT2D eigenvalue weighted by atomic mass is 9.78. The normalized spacial score (nSPS) is 34.6. The maximum absolute atomic E-state index is 14.5. The molecule has 3 heterocycles. The number of aliphatic hydroxyl groups excluding tert-OH is 1. The fourth-order valence-electron chi connectivity index (χ4n) is 10.0. The van der Waals surface area contributed by atoms with Gasteiger partial charge in [-0.25, -0.2) is 4.79 Å². The Hall–Kier alpha value is -3.79. The Morgan fingerprint density at radius 2 is 1.63 bits per heavy atom. The third-order valence-electron chi connectivity index (χ3n) is 14.7. The minimum atomic E-state index is -2.48. The standard InChI is InChI=1S/C53H81NO13/c1-33-18-14-12-11-13-15-19-34(2)48(57)49(64-10)39(7)35(3)28-36(4)43(56)32-46(37(5)29-40-22-24-44(65-27-26-55)47(30-40)63-9)66-52(60)42-20-16-17-25-54(42)51(59)50(58)53(61)38(6)21-23-41(67-53)31-45(33)62-8/h11-14,18,28,31,34-35,37-40,42,44-47,49,55,61H,15-17,19-27,29-30,32H2,1-10H3/t34-,35?,37-,38-,39-,40+,42+,44-,45+,46?,47-,49-,53-/m1/s1. The van der Waals surface area contributed by atoms with Crippen LogP contribution in [0.2, 0.25) is 0 Å². The van der Waals surface area contributed by atoms with E-state index < -0.39 is 53.7 Å². The van der Waals surface area contributed by atoms with E-state index in [2.05, 4.69) is 0 Å². The molecule has 1 saturated carbocycles. The Balaban J connectivity index is 1.70. The van der Waals surface area contributed by atoms with Gasteiger partial charge < -0.3 is 43.5 Å². The molecule has 2 saturated heterocycles. The number of ether oxygens (including phenoxy) is 6. The third-order valence-corrected chi connectivity index (χ3v) is 14.7. The predicted octanol–water partition coefficient (Wildman–Crippen LogP) is 7.35. The number of fused-ring (bicyclic) bond motifs is 3. The molecule has 1 amide bonds. The number of carbonyl (C=O) groups is 5. The second-order valence-electron chi connectivity index (χ2n) is 19.6. The molecule has 0 aromatic rings. The number of nitrogens with zero attached hydrogens (tertiary/aromatic N) is 1. The van der Waals surface area contributed by atoms with Crippen LogP contribution in [0.5, 0.6) is 0 Å². The molecule has 2 unspecified atom stereocenters. The Bertz CT molecular complexity index is 1830. The van der Waals surface area contributed by atoms with Crippen molar-refractivity contribution in [1.82, 2.24) is 4.90 Å². The summed E-state index contributed by atoms with van der Waals surface area (Å²) in [6.07, 6.45) is 16.8. The summed E-state index contributed by atoms with van der Waals surface area (Å²) in [6.45, 7) is 13.3. The summed E-state index contributed by atoms with van der Waals surface area (Å²) in [4.78, 5) is 72.1. The van der Waals surface area contributed by atoms with Gasteiger partial charge in [-0.2, -0.15) is 0 Å². The molecule has 3 aliphatic heterocycles. The zero-order valence-corrected chi connectivity index (χ0v) is 41.9. The molecule has 0 spiro atoms. The van der Waals surface area contributed by atoms with Gasteiger partial charge in [0.25, 0.3) is 17.5 Å².